The number of rotatable bonds is 0. The highest BCUT2D eigenvalue weighted by molar-refractivity contribution is 5.39. The van der Waals surface area contributed by atoms with Crippen LogP contribution in [0.15, 0.2) is 24.3 Å². The van der Waals surface area contributed by atoms with Gasteiger partial charge in [-0.3, -0.25) is 4.90 Å². The van der Waals surface area contributed by atoms with Crippen LogP contribution in [0.4, 0.5) is 0 Å². The van der Waals surface area contributed by atoms with Crippen LogP contribution in [-0.4, -0.2) is 18.5 Å². The van der Waals surface area contributed by atoms with Gasteiger partial charge in [0.1, 0.15) is 0 Å². The Morgan fingerprint density at radius 1 is 1.23 bits per heavy atom. The van der Waals surface area contributed by atoms with E-state index in [9.17, 15) is 0 Å². The highest BCUT2D eigenvalue weighted by Gasteiger charge is 2.36. The van der Waals surface area contributed by atoms with E-state index in [1.807, 2.05) is 0 Å². The number of hydrogen-bond donors (Lipinski definition) is 0. The third-order valence-electron chi connectivity index (χ3n) is 3.66. The molecule has 1 nitrogen and oxygen atoms in total. The summed E-state index contributed by atoms with van der Waals surface area (Å²) in [6.45, 7) is 1.27. The number of nitrogens with zero attached hydrogens (tertiary/aromatic N) is 1. The standard InChI is InChI=1S/C12H15N/c1-13-7-6-9-8-12(13)11-5-3-2-4-10(9)11/h2-5,9,12H,6-8H2,1H3/t9-,12+/m1/s1. The summed E-state index contributed by atoms with van der Waals surface area (Å²) in [6, 6.07) is 9.70. The zero-order valence-corrected chi connectivity index (χ0v) is 8.03. The first-order valence-electron chi connectivity index (χ1n) is 5.15. The van der Waals surface area contributed by atoms with Gasteiger partial charge >= 0.3 is 0 Å². The maximum atomic E-state index is 2.50. The molecule has 1 aromatic rings. The minimum atomic E-state index is 0.718. The number of piperidine rings is 1. The molecule has 1 saturated heterocycles. The van der Waals surface area contributed by atoms with Gasteiger partial charge < -0.3 is 0 Å². The van der Waals surface area contributed by atoms with Crippen molar-refractivity contribution in [2.45, 2.75) is 24.8 Å². The lowest BCUT2D eigenvalue weighted by Gasteiger charge is -2.29. The molecule has 1 heteroatoms. The van der Waals surface area contributed by atoms with Crippen LogP contribution in [-0.2, 0) is 0 Å². The molecule has 13 heavy (non-hydrogen) atoms. The predicted octanol–water partition coefficient (Wildman–Crippen LogP) is 2.55. The lowest BCUT2D eigenvalue weighted by Crippen LogP contribution is -2.28. The smallest absolute Gasteiger partial charge is 0.0353 e. The Hall–Kier alpha value is -0.820. The maximum absolute atomic E-state index is 2.50. The number of likely N-dealkylation sites (tertiary alicyclic amines) is 1. The van der Waals surface area contributed by atoms with Gasteiger partial charge in [0.25, 0.3) is 0 Å². The van der Waals surface area contributed by atoms with Crippen molar-refractivity contribution in [2.24, 2.45) is 0 Å². The summed E-state index contributed by atoms with van der Waals surface area (Å²) < 4.78 is 0. The molecule has 68 valence electrons. The predicted molar refractivity (Wildman–Crippen MR) is 53.8 cm³/mol. The Bertz CT molecular complexity index is 332. The topological polar surface area (TPSA) is 3.24 Å². The summed E-state index contributed by atoms with van der Waals surface area (Å²) >= 11 is 0. The molecular weight excluding hydrogens is 158 g/mol. The molecule has 0 saturated carbocycles. The fourth-order valence-corrected chi connectivity index (χ4v) is 2.92. The third kappa shape index (κ3) is 0.969. The molecule has 1 aliphatic heterocycles. The molecule has 1 aromatic carbocycles. The van der Waals surface area contributed by atoms with Crippen LogP contribution in [0.2, 0.25) is 0 Å². The van der Waals surface area contributed by atoms with Gasteiger partial charge in [0, 0.05) is 6.04 Å². The Labute approximate surface area is 79.4 Å². The van der Waals surface area contributed by atoms with Crippen molar-refractivity contribution in [3.8, 4) is 0 Å². The first-order chi connectivity index (χ1) is 6.36. The highest BCUT2D eigenvalue weighted by atomic mass is 15.1. The average Bonchev–Trinajstić information content (AvgIpc) is 2.48. The van der Waals surface area contributed by atoms with E-state index in [0.29, 0.717) is 0 Å². The SMILES string of the molecule is CN1CC[C@@H]2C[C@H]1c1ccccc12. The Morgan fingerprint density at radius 2 is 2.00 bits per heavy atom. The van der Waals surface area contributed by atoms with Crippen molar-refractivity contribution in [3.05, 3.63) is 35.4 Å². The van der Waals surface area contributed by atoms with Crippen molar-refractivity contribution < 1.29 is 0 Å². The molecule has 1 heterocycles. The van der Waals surface area contributed by atoms with Crippen LogP contribution in [0, 0.1) is 0 Å². The van der Waals surface area contributed by atoms with Crippen molar-refractivity contribution >= 4 is 0 Å². The van der Waals surface area contributed by atoms with Gasteiger partial charge in [-0.05, 0) is 43.5 Å². The summed E-state index contributed by atoms with van der Waals surface area (Å²) in [5.74, 6) is 0.859. The van der Waals surface area contributed by atoms with Crippen LogP contribution in [0.3, 0.4) is 0 Å². The Morgan fingerprint density at radius 3 is 2.85 bits per heavy atom. The molecule has 2 aliphatic rings. The second kappa shape index (κ2) is 2.58. The lowest BCUT2D eigenvalue weighted by molar-refractivity contribution is 0.192. The van der Waals surface area contributed by atoms with Crippen LogP contribution in [0.25, 0.3) is 0 Å². The maximum Gasteiger partial charge on any atom is 0.0353 e. The van der Waals surface area contributed by atoms with Gasteiger partial charge in [-0.25, -0.2) is 0 Å². The van der Waals surface area contributed by atoms with Gasteiger partial charge in [0.05, 0.1) is 0 Å². The van der Waals surface area contributed by atoms with Crippen LogP contribution in [0.5, 0.6) is 0 Å². The first-order valence-corrected chi connectivity index (χ1v) is 5.15. The van der Waals surface area contributed by atoms with E-state index in [1.54, 1.807) is 11.1 Å². The molecule has 0 amide bonds. The minimum absolute atomic E-state index is 0.718. The monoisotopic (exact) mass is 173 g/mol. The van der Waals surface area contributed by atoms with E-state index in [1.165, 1.54) is 19.4 Å². The zero-order chi connectivity index (χ0) is 8.84. The fraction of sp³-hybridized carbons (Fsp3) is 0.500. The largest absolute Gasteiger partial charge is 0.299 e. The zero-order valence-electron chi connectivity index (χ0n) is 8.03. The molecule has 2 atom stereocenters. The summed E-state index contributed by atoms with van der Waals surface area (Å²) in [7, 11) is 2.25. The van der Waals surface area contributed by atoms with Crippen molar-refractivity contribution in [2.75, 3.05) is 13.6 Å². The molecule has 0 aromatic heterocycles. The number of benzene rings is 1. The van der Waals surface area contributed by atoms with Gasteiger partial charge in [-0.2, -0.15) is 0 Å². The van der Waals surface area contributed by atoms with E-state index in [2.05, 4.69) is 36.2 Å². The van der Waals surface area contributed by atoms with Crippen molar-refractivity contribution in [1.29, 1.82) is 0 Å². The molecule has 0 radical (unpaired) electrons. The second-order valence-corrected chi connectivity index (χ2v) is 4.35. The highest BCUT2D eigenvalue weighted by Crippen LogP contribution is 2.47. The van der Waals surface area contributed by atoms with E-state index in [0.717, 1.165) is 12.0 Å². The van der Waals surface area contributed by atoms with E-state index in [-0.39, 0.29) is 0 Å². The molecule has 0 N–H and O–H groups in total. The van der Waals surface area contributed by atoms with Crippen molar-refractivity contribution in [1.82, 2.24) is 4.90 Å². The quantitative estimate of drug-likeness (QED) is 0.582. The third-order valence-corrected chi connectivity index (χ3v) is 3.66. The van der Waals surface area contributed by atoms with Gasteiger partial charge in [-0.1, -0.05) is 24.3 Å². The molecule has 0 unspecified atom stereocenters. The van der Waals surface area contributed by atoms with E-state index < -0.39 is 0 Å². The minimum Gasteiger partial charge on any atom is -0.299 e. The summed E-state index contributed by atoms with van der Waals surface area (Å²) in [6.07, 6.45) is 2.71. The van der Waals surface area contributed by atoms with Gasteiger partial charge in [-0.15, -0.1) is 0 Å². The van der Waals surface area contributed by atoms with E-state index >= 15 is 0 Å². The Kier molecular flexibility index (Phi) is 1.50. The molecule has 0 spiro atoms. The summed E-state index contributed by atoms with van der Waals surface area (Å²) in [4.78, 5) is 2.50. The normalized spacial score (nSPS) is 31.8. The van der Waals surface area contributed by atoms with Gasteiger partial charge in [0.15, 0.2) is 0 Å². The Balaban J connectivity index is 2.13. The fourth-order valence-electron chi connectivity index (χ4n) is 2.92. The van der Waals surface area contributed by atoms with E-state index in [4.69, 9.17) is 0 Å². The average molecular weight is 173 g/mol. The molecule has 1 fully saturated rings. The van der Waals surface area contributed by atoms with Crippen LogP contribution in [0.1, 0.15) is 35.9 Å². The second-order valence-electron chi connectivity index (χ2n) is 4.35. The van der Waals surface area contributed by atoms with Crippen LogP contribution >= 0.6 is 0 Å². The summed E-state index contributed by atoms with van der Waals surface area (Å²) in [5, 5.41) is 0. The number of hydrogen-bond acceptors (Lipinski definition) is 1. The van der Waals surface area contributed by atoms with Gasteiger partial charge in [0.2, 0.25) is 0 Å². The van der Waals surface area contributed by atoms with Crippen LogP contribution < -0.4 is 0 Å². The molecule has 3 rings (SSSR count). The lowest BCUT2D eigenvalue weighted by atomic mass is 9.96. The summed E-state index contributed by atoms with van der Waals surface area (Å²) in [5.41, 5.74) is 3.21. The molecule has 2 bridgehead atoms. The number of fused-ring (bicyclic) bond motifs is 5. The molecular formula is C12H15N. The first kappa shape index (κ1) is 7.57. The van der Waals surface area contributed by atoms with Crippen molar-refractivity contribution in [3.63, 3.8) is 0 Å². The molecule has 1 aliphatic carbocycles.